The van der Waals surface area contributed by atoms with Gasteiger partial charge in [0, 0.05) is 36.1 Å². The number of aliphatic hydroxyl groups excluding tert-OH is 1. The molecule has 1 aliphatic rings. The lowest BCUT2D eigenvalue weighted by Gasteiger charge is -2.27. The molecule has 6 nitrogen and oxygen atoms in total. The molecule has 0 atom stereocenters. The maximum atomic E-state index is 13.4. The minimum absolute atomic E-state index is 0.148. The van der Waals surface area contributed by atoms with E-state index in [-0.39, 0.29) is 18.3 Å². The highest BCUT2D eigenvalue weighted by molar-refractivity contribution is 5.88. The standard InChI is InChI=1S/C21H19FN4O2/c22-17-5-3-16(4-6-17)21-20(15-7-9-23-10-8-15)18-14-25(11-12-26(18)24-21)19(28)2-1-13-27/h1-10,27H,11-14H2/b2-1+. The molecule has 28 heavy (non-hydrogen) atoms. The Morgan fingerprint density at radius 1 is 1.11 bits per heavy atom. The van der Waals surface area contributed by atoms with Gasteiger partial charge in [0.05, 0.1) is 25.4 Å². The van der Waals surface area contributed by atoms with E-state index in [9.17, 15) is 9.18 Å². The third kappa shape index (κ3) is 3.44. The van der Waals surface area contributed by atoms with Gasteiger partial charge in [-0.25, -0.2) is 4.39 Å². The third-order valence-corrected chi connectivity index (χ3v) is 4.74. The summed E-state index contributed by atoms with van der Waals surface area (Å²) >= 11 is 0. The van der Waals surface area contributed by atoms with E-state index in [1.54, 1.807) is 29.4 Å². The van der Waals surface area contributed by atoms with Gasteiger partial charge in [-0.05, 0) is 42.0 Å². The number of aromatic nitrogens is 3. The topological polar surface area (TPSA) is 71.2 Å². The Morgan fingerprint density at radius 2 is 1.86 bits per heavy atom. The smallest absolute Gasteiger partial charge is 0.246 e. The van der Waals surface area contributed by atoms with Gasteiger partial charge in [-0.15, -0.1) is 0 Å². The maximum Gasteiger partial charge on any atom is 0.246 e. The van der Waals surface area contributed by atoms with Crippen molar-refractivity contribution in [1.29, 1.82) is 0 Å². The molecule has 1 amide bonds. The molecule has 1 aliphatic heterocycles. The van der Waals surface area contributed by atoms with E-state index in [0.717, 1.165) is 28.1 Å². The molecule has 1 N–H and O–H groups in total. The normalized spacial score (nSPS) is 13.7. The second-order valence-corrected chi connectivity index (χ2v) is 6.48. The maximum absolute atomic E-state index is 13.4. The van der Waals surface area contributed by atoms with Crippen LogP contribution >= 0.6 is 0 Å². The molecule has 0 fully saturated rings. The molecule has 0 unspecified atom stereocenters. The van der Waals surface area contributed by atoms with Crippen LogP contribution in [0.2, 0.25) is 0 Å². The average Bonchev–Trinajstić information content (AvgIpc) is 3.11. The summed E-state index contributed by atoms with van der Waals surface area (Å²) in [4.78, 5) is 18.2. The van der Waals surface area contributed by atoms with Crippen molar-refractivity contribution in [2.75, 3.05) is 13.2 Å². The number of pyridine rings is 1. The molecule has 0 saturated carbocycles. The van der Waals surface area contributed by atoms with Gasteiger partial charge in [-0.1, -0.05) is 6.08 Å². The number of fused-ring (bicyclic) bond motifs is 1. The van der Waals surface area contributed by atoms with Gasteiger partial charge in [0.25, 0.3) is 0 Å². The molecule has 7 heteroatoms. The van der Waals surface area contributed by atoms with Gasteiger partial charge < -0.3 is 10.0 Å². The van der Waals surface area contributed by atoms with Crippen LogP contribution in [-0.2, 0) is 17.9 Å². The van der Waals surface area contributed by atoms with Gasteiger partial charge in [-0.3, -0.25) is 14.5 Å². The van der Waals surface area contributed by atoms with Crippen molar-refractivity contribution in [3.05, 3.63) is 72.5 Å². The Labute approximate surface area is 161 Å². The number of carbonyl (C=O) groups is 1. The van der Waals surface area contributed by atoms with Crippen molar-refractivity contribution < 1.29 is 14.3 Å². The number of carbonyl (C=O) groups excluding carboxylic acids is 1. The van der Waals surface area contributed by atoms with Crippen molar-refractivity contribution in [3.63, 3.8) is 0 Å². The summed E-state index contributed by atoms with van der Waals surface area (Å²) in [5.41, 5.74) is 4.34. The van der Waals surface area contributed by atoms with Crippen molar-refractivity contribution in [3.8, 4) is 22.4 Å². The van der Waals surface area contributed by atoms with Crippen LogP contribution < -0.4 is 0 Å². The van der Waals surface area contributed by atoms with E-state index in [1.165, 1.54) is 24.3 Å². The number of benzene rings is 1. The Bertz CT molecular complexity index is 1010. The van der Waals surface area contributed by atoms with E-state index in [4.69, 9.17) is 10.2 Å². The van der Waals surface area contributed by atoms with Gasteiger partial charge in [-0.2, -0.15) is 5.10 Å². The summed E-state index contributed by atoms with van der Waals surface area (Å²) in [6.07, 6.45) is 6.24. The lowest BCUT2D eigenvalue weighted by molar-refractivity contribution is -0.127. The van der Waals surface area contributed by atoms with Crippen molar-refractivity contribution in [2.24, 2.45) is 0 Å². The molecule has 1 aromatic carbocycles. The first-order valence-corrected chi connectivity index (χ1v) is 8.99. The fourth-order valence-corrected chi connectivity index (χ4v) is 3.40. The highest BCUT2D eigenvalue weighted by Crippen LogP contribution is 2.36. The Balaban J connectivity index is 1.80. The zero-order valence-corrected chi connectivity index (χ0v) is 15.1. The predicted molar refractivity (Wildman–Crippen MR) is 102 cm³/mol. The highest BCUT2D eigenvalue weighted by atomic mass is 19.1. The minimum atomic E-state index is -0.300. The molecule has 4 rings (SSSR count). The second-order valence-electron chi connectivity index (χ2n) is 6.48. The molecule has 0 radical (unpaired) electrons. The highest BCUT2D eigenvalue weighted by Gasteiger charge is 2.27. The zero-order valence-electron chi connectivity index (χ0n) is 15.1. The Kier molecular flexibility index (Phi) is 4.99. The van der Waals surface area contributed by atoms with Crippen LogP contribution in [0.4, 0.5) is 4.39 Å². The van der Waals surface area contributed by atoms with E-state index in [2.05, 4.69) is 4.98 Å². The number of amides is 1. The first-order chi connectivity index (χ1) is 13.7. The van der Waals surface area contributed by atoms with Crippen molar-refractivity contribution in [2.45, 2.75) is 13.1 Å². The minimum Gasteiger partial charge on any atom is -0.392 e. The van der Waals surface area contributed by atoms with E-state index >= 15 is 0 Å². The number of halogens is 1. The second kappa shape index (κ2) is 7.74. The Morgan fingerprint density at radius 3 is 2.57 bits per heavy atom. The average molecular weight is 378 g/mol. The van der Waals surface area contributed by atoms with Gasteiger partial charge in [0.2, 0.25) is 5.91 Å². The lowest BCUT2D eigenvalue weighted by atomic mass is 9.99. The SMILES string of the molecule is O=C(/C=C/CO)N1CCn2nc(-c3ccc(F)cc3)c(-c3ccncc3)c2C1. The van der Waals surface area contributed by atoms with Gasteiger partial charge in [0.1, 0.15) is 11.5 Å². The molecular weight excluding hydrogens is 359 g/mol. The summed E-state index contributed by atoms with van der Waals surface area (Å²) in [5.74, 6) is -0.448. The number of hydrogen-bond acceptors (Lipinski definition) is 4. The molecular formula is C21H19FN4O2. The lowest BCUT2D eigenvalue weighted by Crippen LogP contribution is -2.37. The molecule has 0 bridgehead atoms. The van der Waals surface area contributed by atoms with E-state index in [1.807, 2.05) is 16.8 Å². The van der Waals surface area contributed by atoms with Crippen LogP contribution in [-0.4, -0.2) is 43.8 Å². The van der Waals surface area contributed by atoms with Crippen LogP contribution in [0.5, 0.6) is 0 Å². The summed E-state index contributed by atoms with van der Waals surface area (Å²) in [6, 6.07) is 10.1. The molecule has 3 aromatic rings. The summed E-state index contributed by atoms with van der Waals surface area (Å²) in [7, 11) is 0. The van der Waals surface area contributed by atoms with Crippen LogP contribution in [0.1, 0.15) is 5.69 Å². The summed E-state index contributed by atoms with van der Waals surface area (Å²) < 4.78 is 15.3. The first-order valence-electron chi connectivity index (χ1n) is 8.99. The molecule has 142 valence electrons. The molecule has 3 heterocycles. The van der Waals surface area contributed by atoms with Crippen molar-refractivity contribution >= 4 is 5.91 Å². The Hall–Kier alpha value is -3.32. The van der Waals surface area contributed by atoms with Gasteiger partial charge >= 0.3 is 0 Å². The predicted octanol–water partition coefficient (Wildman–Crippen LogP) is 2.64. The van der Waals surface area contributed by atoms with Crippen LogP contribution in [0.25, 0.3) is 22.4 Å². The number of hydrogen-bond donors (Lipinski definition) is 1. The molecule has 0 aliphatic carbocycles. The molecule has 2 aromatic heterocycles. The van der Waals surface area contributed by atoms with Crippen molar-refractivity contribution in [1.82, 2.24) is 19.7 Å². The largest absolute Gasteiger partial charge is 0.392 e. The number of nitrogens with zero attached hydrogens (tertiary/aromatic N) is 4. The van der Waals surface area contributed by atoms with E-state index < -0.39 is 0 Å². The fourth-order valence-electron chi connectivity index (χ4n) is 3.40. The van der Waals surface area contributed by atoms with Crippen LogP contribution in [0.15, 0.2) is 60.9 Å². The zero-order chi connectivity index (χ0) is 19.5. The fraction of sp³-hybridized carbons (Fsp3) is 0.190. The molecule has 0 saturated heterocycles. The monoisotopic (exact) mass is 378 g/mol. The third-order valence-electron chi connectivity index (χ3n) is 4.74. The number of rotatable bonds is 4. The van der Waals surface area contributed by atoms with Gasteiger partial charge in [0.15, 0.2) is 0 Å². The summed E-state index contributed by atoms with van der Waals surface area (Å²) in [6.45, 7) is 1.32. The number of aliphatic hydroxyl groups is 1. The van der Waals surface area contributed by atoms with Crippen LogP contribution in [0, 0.1) is 5.82 Å². The van der Waals surface area contributed by atoms with Crippen LogP contribution in [0.3, 0.4) is 0 Å². The van der Waals surface area contributed by atoms with E-state index in [0.29, 0.717) is 19.6 Å². The first kappa shape index (κ1) is 18.1. The quantitative estimate of drug-likeness (QED) is 0.709. The summed E-state index contributed by atoms with van der Waals surface area (Å²) in [5, 5.41) is 13.7. The molecule has 0 spiro atoms.